The van der Waals surface area contributed by atoms with E-state index < -0.39 is 0 Å². The van der Waals surface area contributed by atoms with Crippen LogP contribution in [0.25, 0.3) is 11.0 Å². The molecule has 4 heterocycles. The van der Waals surface area contributed by atoms with E-state index in [1.165, 1.54) is 11.3 Å². The zero-order valence-corrected chi connectivity index (χ0v) is 17.3. The smallest absolute Gasteiger partial charge is 0.258 e. The van der Waals surface area contributed by atoms with Gasteiger partial charge in [0.15, 0.2) is 5.65 Å². The summed E-state index contributed by atoms with van der Waals surface area (Å²) in [5, 5.41) is 17.6. The SMILES string of the molecule is CC(C)c1cc(C(=O)Nc2nnc(C3CCCO3)s2)c2cnn(C(C)C)c2n1. The molecule has 0 spiro atoms. The summed E-state index contributed by atoms with van der Waals surface area (Å²) in [4.78, 5) is 17.8. The largest absolute Gasteiger partial charge is 0.371 e. The summed E-state index contributed by atoms with van der Waals surface area (Å²) in [6.45, 7) is 8.96. The molecule has 1 saturated heterocycles. The molecule has 0 aliphatic carbocycles. The number of nitrogens with zero attached hydrogens (tertiary/aromatic N) is 5. The van der Waals surface area contributed by atoms with Gasteiger partial charge in [0.25, 0.3) is 5.91 Å². The lowest BCUT2D eigenvalue weighted by atomic mass is 10.0. The fraction of sp³-hybridized carbons (Fsp3) is 0.526. The van der Waals surface area contributed by atoms with Crippen molar-refractivity contribution in [3.05, 3.63) is 28.5 Å². The van der Waals surface area contributed by atoms with Gasteiger partial charge in [-0.2, -0.15) is 5.10 Å². The summed E-state index contributed by atoms with van der Waals surface area (Å²) in [7, 11) is 0. The molecule has 1 aliphatic rings. The van der Waals surface area contributed by atoms with Gasteiger partial charge in [-0.05, 0) is 38.7 Å². The van der Waals surface area contributed by atoms with Gasteiger partial charge >= 0.3 is 0 Å². The van der Waals surface area contributed by atoms with Crippen molar-refractivity contribution >= 4 is 33.4 Å². The molecule has 0 aromatic carbocycles. The normalized spacial score (nSPS) is 17.1. The zero-order chi connectivity index (χ0) is 19.8. The Balaban J connectivity index is 1.66. The second kappa shape index (κ2) is 7.56. The molecule has 1 amide bonds. The van der Waals surface area contributed by atoms with Crippen LogP contribution >= 0.6 is 11.3 Å². The van der Waals surface area contributed by atoms with Crippen LogP contribution in [0.3, 0.4) is 0 Å². The number of aromatic nitrogens is 5. The lowest BCUT2D eigenvalue weighted by Crippen LogP contribution is -2.14. The molecule has 0 saturated carbocycles. The van der Waals surface area contributed by atoms with Crippen molar-refractivity contribution in [2.75, 3.05) is 11.9 Å². The van der Waals surface area contributed by atoms with Gasteiger partial charge in [-0.3, -0.25) is 10.1 Å². The van der Waals surface area contributed by atoms with E-state index in [-0.39, 0.29) is 24.0 Å². The predicted molar refractivity (Wildman–Crippen MR) is 108 cm³/mol. The van der Waals surface area contributed by atoms with Gasteiger partial charge < -0.3 is 4.74 Å². The minimum Gasteiger partial charge on any atom is -0.371 e. The summed E-state index contributed by atoms with van der Waals surface area (Å²) in [5.41, 5.74) is 2.13. The molecule has 0 radical (unpaired) electrons. The van der Waals surface area contributed by atoms with Crippen LogP contribution in [0, 0.1) is 0 Å². The summed E-state index contributed by atoms with van der Waals surface area (Å²) < 4.78 is 7.49. The number of rotatable bonds is 5. The van der Waals surface area contributed by atoms with Crippen LogP contribution in [0.1, 0.15) is 79.7 Å². The van der Waals surface area contributed by atoms with Crippen molar-refractivity contribution in [3.8, 4) is 0 Å². The fourth-order valence-corrected chi connectivity index (χ4v) is 4.07. The Bertz CT molecular complexity index is 1000. The van der Waals surface area contributed by atoms with Gasteiger partial charge in [0.05, 0.1) is 17.1 Å². The number of carbonyl (C=O) groups is 1. The van der Waals surface area contributed by atoms with Gasteiger partial charge in [-0.15, -0.1) is 10.2 Å². The van der Waals surface area contributed by atoms with Gasteiger partial charge in [-0.1, -0.05) is 25.2 Å². The van der Waals surface area contributed by atoms with Crippen molar-refractivity contribution in [3.63, 3.8) is 0 Å². The van der Waals surface area contributed by atoms with Crippen LogP contribution in [0.5, 0.6) is 0 Å². The Morgan fingerprint density at radius 2 is 2.14 bits per heavy atom. The number of hydrogen-bond acceptors (Lipinski definition) is 7. The zero-order valence-electron chi connectivity index (χ0n) is 16.5. The Labute approximate surface area is 167 Å². The van der Waals surface area contributed by atoms with E-state index in [4.69, 9.17) is 9.72 Å². The number of carbonyl (C=O) groups excluding carboxylic acids is 1. The monoisotopic (exact) mass is 400 g/mol. The van der Waals surface area contributed by atoms with Gasteiger partial charge in [0.2, 0.25) is 5.13 Å². The highest BCUT2D eigenvalue weighted by atomic mass is 32.1. The van der Waals surface area contributed by atoms with E-state index in [1.807, 2.05) is 24.6 Å². The van der Waals surface area contributed by atoms with E-state index >= 15 is 0 Å². The lowest BCUT2D eigenvalue weighted by molar-refractivity contribution is 0.102. The number of ether oxygens (including phenoxy) is 1. The van der Waals surface area contributed by atoms with Crippen LogP contribution < -0.4 is 5.32 Å². The molecule has 3 aromatic rings. The molecule has 148 valence electrons. The Morgan fingerprint density at radius 1 is 1.32 bits per heavy atom. The predicted octanol–water partition coefficient (Wildman–Crippen LogP) is 4.09. The fourth-order valence-electron chi connectivity index (χ4n) is 3.25. The molecule has 1 N–H and O–H groups in total. The first-order valence-electron chi connectivity index (χ1n) is 9.58. The Morgan fingerprint density at radius 3 is 2.82 bits per heavy atom. The summed E-state index contributed by atoms with van der Waals surface area (Å²) in [6.07, 6.45) is 3.67. The Kier molecular flexibility index (Phi) is 5.11. The maximum atomic E-state index is 13.0. The van der Waals surface area contributed by atoms with Crippen LogP contribution in [0.2, 0.25) is 0 Å². The number of nitrogens with one attached hydrogen (secondary N) is 1. The molecule has 1 fully saturated rings. The molecule has 8 nitrogen and oxygen atoms in total. The minimum absolute atomic E-state index is 0.00685. The Hall–Kier alpha value is -2.39. The van der Waals surface area contributed by atoms with Gasteiger partial charge in [-0.25, -0.2) is 9.67 Å². The highest BCUT2D eigenvalue weighted by Gasteiger charge is 2.24. The highest BCUT2D eigenvalue weighted by molar-refractivity contribution is 7.15. The summed E-state index contributed by atoms with van der Waals surface area (Å²) >= 11 is 1.36. The van der Waals surface area contributed by atoms with Crippen molar-refractivity contribution in [2.45, 2.75) is 58.6 Å². The first-order chi connectivity index (χ1) is 13.4. The molecule has 3 aromatic heterocycles. The second-order valence-corrected chi connectivity index (χ2v) is 8.58. The number of amides is 1. The van der Waals surface area contributed by atoms with Gasteiger partial charge in [0.1, 0.15) is 11.1 Å². The highest BCUT2D eigenvalue weighted by Crippen LogP contribution is 2.32. The standard InChI is InChI=1S/C19H24N6O2S/c1-10(2)14-8-12(13-9-20-25(11(3)4)16(13)21-14)17(26)22-19-24-23-18(28-19)15-6-5-7-27-15/h8-11,15H,5-7H2,1-4H3,(H,22,24,26). The molecule has 4 rings (SSSR count). The molecule has 1 aliphatic heterocycles. The third-order valence-electron chi connectivity index (χ3n) is 4.78. The maximum absolute atomic E-state index is 13.0. The van der Waals surface area contributed by atoms with Crippen molar-refractivity contribution < 1.29 is 9.53 Å². The first kappa shape index (κ1) is 18.9. The third-order valence-corrected chi connectivity index (χ3v) is 5.71. The van der Waals surface area contributed by atoms with E-state index in [1.54, 1.807) is 6.20 Å². The summed E-state index contributed by atoms with van der Waals surface area (Å²) in [5.74, 6) is -0.0354. The van der Waals surface area contributed by atoms with E-state index in [9.17, 15) is 4.79 Å². The molecule has 1 atom stereocenters. The molecule has 28 heavy (non-hydrogen) atoms. The first-order valence-corrected chi connectivity index (χ1v) is 10.4. The number of pyridine rings is 1. The number of hydrogen-bond donors (Lipinski definition) is 1. The third kappa shape index (κ3) is 3.51. The molecular weight excluding hydrogens is 376 g/mol. The molecular formula is C19H24N6O2S. The van der Waals surface area contributed by atoms with Crippen molar-refractivity contribution in [2.24, 2.45) is 0 Å². The molecule has 9 heteroatoms. The van der Waals surface area contributed by atoms with Crippen molar-refractivity contribution in [1.29, 1.82) is 0 Å². The molecule has 0 bridgehead atoms. The van der Waals surface area contributed by atoms with Crippen LogP contribution in [0.4, 0.5) is 5.13 Å². The average Bonchev–Trinajstić information content (AvgIpc) is 3.40. The number of fused-ring (bicyclic) bond motifs is 1. The quantitative estimate of drug-likeness (QED) is 0.693. The van der Waals surface area contributed by atoms with Gasteiger partial charge in [0, 0.05) is 18.3 Å². The maximum Gasteiger partial charge on any atom is 0.258 e. The molecule has 1 unspecified atom stereocenters. The van der Waals surface area contributed by atoms with E-state index in [0.29, 0.717) is 10.7 Å². The van der Waals surface area contributed by atoms with Crippen molar-refractivity contribution in [1.82, 2.24) is 25.0 Å². The summed E-state index contributed by atoms with van der Waals surface area (Å²) in [6, 6.07) is 2.00. The second-order valence-electron chi connectivity index (χ2n) is 7.57. The van der Waals surface area contributed by atoms with Crippen LogP contribution in [0.15, 0.2) is 12.3 Å². The van der Waals surface area contributed by atoms with E-state index in [2.05, 4.69) is 34.5 Å². The van der Waals surface area contributed by atoms with Crippen LogP contribution in [-0.4, -0.2) is 37.5 Å². The average molecular weight is 401 g/mol. The lowest BCUT2D eigenvalue weighted by Gasteiger charge is -2.11. The minimum atomic E-state index is -0.229. The topological polar surface area (TPSA) is 94.8 Å². The van der Waals surface area contributed by atoms with E-state index in [0.717, 1.165) is 41.2 Å². The number of anilines is 1. The van der Waals surface area contributed by atoms with Crippen LogP contribution in [-0.2, 0) is 4.74 Å².